The summed E-state index contributed by atoms with van der Waals surface area (Å²) in [6.07, 6.45) is 7.50. The van der Waals surface area contributed by atoms with Gasteiger partial charge in [-0.1, -0.05) is 36.4 Å². The van der Waals surface area contributed by atoms with E-state index in [1.165, 1.54) is 39.1 Å². The smallest absolute Gasteiger partial charge is 0.147 e. The first kappa shape index (κ1) is 15.7. The third kappa shape index (κ3) is 1.84. The summed E-state index contributed by atoms with van der Waals surface area (Å²) in [5, 5.41) is 2.14. The van der Waals surface area contributed by atoms with Crippen molar-refractivity contribution in [3.05, 3.63) is 95.6 Å². The molecule has 0 bridgehead atoms. The summed E-state index contributed by atoms with van der Waals surface area (Å²) >= 11 is 0. The quantitative estimate of drug-likeness (QED) is 0.315. The molecule has 144 valence electrons. The molecule has 0 atom stereocenters. The van der Waals surface area contributed by atoms with E-state index in [1.807, 2.05) is 24.7 Å². The number of benzene rings is 2. The molecule has 2 aliphatic carbocycles. The normalized spacial score (nSPS) is 13.5. The number of fused-ring (bicyclic) bond motifs is 14. The van der Waals surface area contributed by atoms with Gasteiger partial charge in [-0.3, -0.25) is 14.4 Å². The van der Waals surface area contributed by atoms with Crippen LogP contribution >= 0.6 is 0 Å². The largest absolute Gasteiger partial charge is 0.291 e. The van der Waals surface area contributed by atoms with Gasteiger partial charge in [-0.05, 0) is 52.4 Å². The third-order valence-corrected chi connectivity index (χ3v) is 6.96. The maximum Gasteiger partial charge on any atom is 0.147 e. The second kappa shape index (κ2) is 5.35. The number of hydrogen-bond acceptors (Lipinski definition) is 3. The zero-order valence-electron chi connectivity index (χ0n) is 16.6. The fourth-order valence-corrected chi connectivity index (χ4v) is 5.71. The van der Waals surface area contributed by atoms with Gasteiger partial charge < -0.3 is 0 Å². The highest BCUT2D eigenvalue weighted by molar-refractivity contribution is 6.10. The van der Waals surface area contributed by atoms with Gasteiger partial charge >= 0.3 is 0 Å². The summed E-state index contributed by atoms with van der Waals surface area (Å²) in [5.74, 6) is 0. The van der Waals surface area contributed by atoms with Crippen LogP contribution in [-0.4, -0.2) is 19.4 Å². The highest BCUT2D eigenvalue weighted by Crippen LogP contribution is 2.48. The summed E-state index contributed by atoms with van der Waals surface area (Å²) < 4.78 is 2.35. The molecule has 4 heteroatoms. The van der Waals surface area contributed by atoms with Crippen molar-refractivity contribution in [2.24, 2.45) is 0 Å². The van der Waals surface area contributed by atoms with Gasteiger partial charge in [0, 0.05) is 41.3 Å². The molecule has 0 saturated carbocycles. The standard InChI is InChI=1S/C27H16N4/c1-2-5-17-15(4-1)12-20-18(17)8-7-16-13-22-26(24(16)20)31-23-9-11-28-14-21(23)25-19(27(31)30-22)6-3-10-29-25/h1-11,14H,12-13H2. The van der Waals surface area contributed by atoms with Crippen molar-refractivity contribution < 1.29 is 0 Å². The summed E-state index contributed by atoms with van der Waals surface area (Å²) in [6, 6.07) is 19.6. The number of pyridine rings is 3. The number of nitrogens with zero attached hydrogens (tertiary/aromatic N) is 4. The molecular formula is C27H16N4. The molecule has 0 N–H and O–H groups in total. The lowest BCUT2D eigenvalue weighted by molar-refractivity contribution is 1.16. The molecule has 0 radical (unpaired) electrons. The molecule has 4 aromatic heterocycles. The summed E-state index contributed by atoms with van der Waals surface area (Å²) in [7, 11) is 0. The van der Waals surface area contributed by atoms with Crippen molar-refractivity contribution in [1.82, 2.24) is 19.4 Å². The van der Waals surface area contributed by atoms with E-state index in [0.717, 1.165) is 46.0 Å². The van der Waals surface area contributed by atoms with E-state index in [1.54, 1.807) is 0 Å². The van der Waals surface area contributed by atoms with Crippen molar-refractivity contribution in [2.45, 2.75) is 12.8 Å². The van der Waals surface area contributed by atoms with Gasteiger partial charge in [0.15, 0.2) is 0 Å². The Morgan fingerprint density at radius 2 is 1.74 bits per heavy atom. The lowest BCUT2D eigenvalue weighted by atomic mass is 9.97. The molecule has 0 fully saturated rings. The van der Waals surface area contributed by atoms with Crippen LogP contribution in [0.2, 0.25) is 0 Å². The van der Waals surface area contributed by atoms with Crippen molar-refractivity contribution in [3.8, 4) is 22.4 Å². The van der Waals surface area contributed by atoms with E-state index in [9.17, 15) is 0 Å². The predicted octanol–water partition coefficient (Wildman–Crippen LogP) is 5.57. The van der Waals surface area contributed by atoms with Crippen molar-refractivity contribution in [3.63, 3.8) is 0 Å². The van der Waals surface area contributed by atoms with Crippen LogP contribution in [0.25, 0.3) is 49.8 Å². The van der Waals surface area contributed by atoms with Crippen LogP contribution in [-0.2, 0) is 12.8 Å². The Balaban J connectivity index is 1.55. The first-order valence-corrected chi connectivity index (χ1v) is 10.6. The minimum absolute atomic E-state index is 0.879. The Labute approximate surface area is 177 Å². The maximum absolute atomic E-state index is 5.16. The Bertz CT molecular complexity index is 1740. The Morgan fingerprint density at radius 3 is 2.74 bits per heavy atom. The molecule has 4 heterocycles. The average Bonchev–Trinajstić information content (AvgIpc) is 3.48. The molecule has 8 rings (SSSR count). The molecule has 0 amide bonds. The zero-order valence-corrected chi connectivity index (χ0v) is 16.6. The van der Waals surface area contributed by atoms with Gasteiger partial charge in [-0.25, -0.2) is 4.98 Å². The second-order valence-electron chi connectivity index (χ2n) is 8.50. The topological polar surface area (TPSA) is 43.1 Å². The maximum atomic E-state index is 5.16. The van der Waals surface area contributed by atoms with E-state index in [-0.39, 0.29) is 0 Å². The van der Waals surface area contributed by atoms with Crippen molar-refractivity contribution in [2.75, 3.05) is 0 Å². The highest BCUT2D eigenvalue weighted by atomic mass is 15.0. The van der Waals surface area contributed by atoms with E-state index >= 15 is 0 Å². The van der Waals surface area contributed by atoms with Crippen LogP contribution in [0.4, 0.5) is 0 Å². The molecule has 0 unspecified atom stereocenters. The first-order chi connectivity index (χ1) is 15.4. The summed E-state index contributed by atoms with van der Waals surface area (Å²) in [5.41, 5.74) is 13.8. The third-order valence-electron chi connectivity index (χ3n) is 6.96. The predicted molar refractivity (Wildman–Crippen MR) is 122 cm³/mol. The first-order valence-electron chi connectivity index (χ1n) is 10.6. The van der Waals surface area contributed by atoms with Gasteiger partial charge in [0.1, 0.15) is 5.65 Å². The summed E-state index contributed by atoms with van der Waals surface area (Å²) in [6.45, 7) is 0. The van der Waals surface area contributed by atoms with Gasteiger partial charge in [-0.15, -0.1) is 0 Å². The zero-order chi connectivity index (χ0) is 20.1. The lowest BCUT2D eigenvalue weighted by Crippen LogP contribution is -1.97. The number of imidazole rings is 1. The molecular weight excluding hydrogens is 380 g/mol. The lowest BCUT2D eigenvalue weighted by Gasteiger charge is -2.13. The minimum atomic E-state index is 0.879. The number of aromatic nitrogens is 4. The molecule has 2 aliphatic rings. The summed E-state index contributed by atoms with van der Waals surface area (Å²) in [4.78, 5) is 14.2. The molecule has 0 saturated heterocycles. The fourth-order valence-electron chi connectivity index (χ4n) is 5.71. The fraction of sp³-hybridized carbons (Fsp3) is 0.0741. The van der Waals surface area contributed by atoms with Crippen LogP contribution < -0.4 is 0 Å². The van der Waals surface area contributed by atoms with E-state index in [2.05, 4.69) is 62.9 Å². The van der Waals surface area contributed by atoms with Gasteiger partial charge in [-0.2, -0.15) is 0 Å². The minimum Gasteiger partial charge on any atom is -0.291 e. The second-order valence-corrected chi connectivity index (χ2v) is 8.50. The Morgan fingerprint density at radius 1 is 0.774 bits per heavy atom. The van der Waals surface area contributed by atoms with Crippen molar-refractivity contribution >= 4 is 27.5 Å². The van der Waals surface area contributed by atoms with Crippen LogP contribution in [0.1, 0.15) is 22.4 Å². The molecule has 0 aliphatic heterocycles. The van der Waals surface area contributed by atoms with Crippen LogP contribution in [0.15, 0.2) is 73.2 Å². The number of hydrogen-bond donors (Lipinski definition) is 0. The van der Waals surface area contributed by atoms with Gasteiger partial charge in [0.25, 0.3) is 0 Å². The van der Waals surface area contributed by atoms with E-state index in [4.69, 9.17) is 4.98 Å². The molecule has 31 heavy (non-hydrogen) atoms. The monoisotopic (exact) mass is 396 g/mol. The van der Waals surface area contributed by atoms with E-state index in [0.29, 0.717) is 0 Å². The average molecular weight is 396 g/mol. The highest BCUT2D eigenvalue weighted by Gasteiger charge is 2.32. The van der Waals surface area contributed by atoms with E-state index < -0.39 is 0 Å². The van der Waals surface area contributed by atoms with Crippen molar-refractivity contribution in [1.29, 1.82) is 0 Å². The van der Waals surface area contributed by atoms with Crippen LogP contribution in [0.5, 0.6) is 0 Å². The Hall–Kier alpha value is -4.05. The van der Waals surface area contributed by atoms with Crippen LogP contribution in [0.3, 0.4) is 0 Å². The van der Waals surface area contributed by atoms with Crippen LogP contribution in [0, 0.1) is 0 Å². The Kier molecular flexibility index (Phi) is 2.72. The molecule has 2 aromatic carbocycles. The molecule has 6 aromatic rings. The number of rotatable bonds is 0. The van der Waals surface area contributed by atoms with Gasteiger partial charge in [0.05, 0.1) is 22.4 Å². The SMILES string of the molecule is c1ccc2c(c1)Cc1c-2ccc2c1-c1c(nc3c4cccnc4c4cnccc4n13)C2. The molecule has 4 nitrogen and oxygen atoms in total. The molecule has 0 spiro atoms. The van der Waals surface area contributed by atoms with Gasteiger partial charge in [0.2, 0.25) is 0 Å².